The van der Waals surface area contributed by atoms with Crippen LogP contribution in [0.15, 0.2) is 53.7 Å². The summed E-state index contributed by atoms with van der Waals surface area (Å²) >= 11 is 0. The minimum atomic E-state index is 0.380. The summed E-state index contributed by atoms with van der Waals surface area (Å²) in [4.78, 5) is 0. The van der Waals surface area contributed by atoms with Gasteiger partial charge in [-0.15, -0.1) is 0 Å². The maximum Gasteiger partial charge on any atom is 0.161 e. The molecule has 0 atom stereocenters. The number of ether oxygens (including phenoxy) is 3. The molecule has 0 unspecified atom stereocenters. The van der Waals surface area contributed by atoms with Crippen LogP contribution in [0.3, 0.4) is 0 Å². The van der Waals surface area contributed by atoms with Crippen molar-refractivity contribution >= 4 is 6.21 Å². The predicted molar refractivity (Wildman–Crippen MR) is 79.8 cm³/mol. The molecular weight excluding hydrogens is 270 g/mol. The monoisotopic (exact) mass is 287 g/mol. The smallest absolute Gasteiger partial charge is 0.161 e. The molecular formula is C16H17NO4. The summed E-state index contributed by atoms with van der Waals surface area (Å²) in [6.07, 6.45) is 1.33. The molecule has 0 bridgehead atoms. The zero-order chi connectivity index (χ0) is 14.9. The Morgan fingerprint density at radius 2 is 1.76 bits per heavy atom. The maximum atomic E-state index is 8.55. The van der Waals surface area contributed by atoms with Crippen LogP contribution in [0.4, 0.5) is 0 Å². The molecule has 0 spiro atoms. The van der Waals surface area contributed by atoms with Gasteiger partial charge in [0, 0.05) is 5.56 Å². The lowest BCUT2D eigenvalue weighted by Crippen LogP contribution is -2.09. The second-order valence-corrected chi connectivity index (χ2v) is 4.16. The molecule has 0 aliphatic rings. The topological polar surface area (TPSA) is 60.3 Å². The summed E-state index contributed by atoms with van der Waals surface area (Å²) in [5.74, 6) is 1.99. The molecule has 0 aliphatic carbocycles. The molecule has 0 aromatic heterocycles. The summed E-state index contributed by atoms with van der Waals surface area (Å²) in [6.45, 7) is 0.802. The number of rotatable bonds is 7. The van der Waals surface area contributed by atoms with Gasteiger partial charge in [0.15, 0.2) is 11.5 Å². The first kappa shape index (κ1) is 14.7. The van der Waals surface area contributed by atoms with E-state index < -0.39 is 0 Å². The number of benzene rings is 2. The zero-order valence-electron chi connectivity index (χ0n) is 11.7. The van der Waals surface area contributed by atoms with E-state index >= 15 is 0 Å². The number of hydrogen-bond donors (Lipinski definition) is 1. The Morgan fingerprint density at radius 1 is 1.00 bits per heavy atom. The predicted octanol–water partition coefficient (Wildman–Crippen LogP) is 2.96. The van der Waals surface area contributed by atoms with Crippen LogP contribution >= 0.6 is 0 Å². The van der Waals surface area contributed by atoms with E-state index in [0.29, 0.717) is 24.7 Å². The number of oxime groups is 1. The first-order valence-corrected chi connectivity index (χ1v) is 6.49. The number of nitrogens with zero attached hydrogens (tertiary/aromatic N) is 1. The molecule has 0 radical (unpaired) electrons. The van der Waals surface area contributed by atoms with Crippen LogP contribution in [0.25, 0.3) is 0 Å². The van der Waals surface area contributed by atoms with Gasteiger partial charge in [-0.3, -0.25) is 0 Å². The molecule has 1 N–H and O–H groups in total. The second kappa shape index (κ2) is 7.79. The highest BCUT2D eigenvalue weighted by Crippen LogP contribution is 2.27. The summed E-state index contributed by atoms with van der Waals surface area (Å²) in [5, 5.41) is 11.5. The van der Waals surface area contributed by atoms with Gasteiger partial charge in [-0.2, -0.15) is 0 Å². The lowest BCUT2D eigenvalue weighted by atomic mass is 10.2. The standard InChI is InChI=1S/C16H17NO4/c1-19-15-8-7-13(12-17-18)11-16(15)21-10-9-20-14-5-3-2-4-6-14/h2-8,11-12,18H,9-10H2,1H3. The Morgan fingerprint density at radius 3 is 2.48 bits per heavy atom. The van der Waals surface area contributed by atoms with E-state index in [0.717, 1.165) is 11.3 Å². The molecule has 0 aliphatic heterocycles. The van der Waals surface area contributed by atoms with Crippen molar-refractivity contribution in [3.05, 3.63) is 54.1 Å². The Labute approximate surface area is 123 Å². The van der Waals surface area contributed by atoms with E-state index in [1.165, 1.54) is 6.21 Å². The third-order valence-corrected chi connectivity index (χ3v) is 2.75. The van der Waals surface area contributed by atoms with E-state index in [-0.39, 0.29) is 0 Å². The highest BCUT2D eigenvalue weighted by Gasteiger charge is 2.05. The normalized spacial score (nSPS) is 10.5. The van der Waals surface area contributed by atoms with Gasteiger partial charge in [0.2, 0.25) is 0 Å². The maximum absolute atomic E-state index is 8.55. The van der Waals surface area contributed by atoms with E-state index in [2.05, 4.69) is 5.16 Å². The van der Waals surface area contributed by atoms with Crippen molar-refractivity contribution in [2.45, 2.75) is 0 Å². The first-order valence-electron chi connectivity index (χ1n) is 6.49. The lowest BCUT2D eigenvalue weighted by Gasteiger charge is -2.12. The Balaban J connectivity index is 1.91. The van der Waals surface area contributed by atoms with Crippen LogP contribution in [-0.2, 0) is 0 Å². The van der Waals surface area contributed by atoms with Crippen LogP contribution in [0.1, 0.15) is 5.56 Å². The number of para-hydroxylation sites is 1. The van der Waals surface area contributed by atoms with E-state index in [1.54, 1.807) is 25.3 Å². The van der Waals surface area contributed by atoms with Gasteiger partial charge in [0.25, 0.3) is 0 Å². The third-order valence-electron chi connectivity index (χ3n) is 2.75. The lowest BCUT2D eigenvalue weighted by molar-refractivity contribution is 0.211. The van der Waals surface area contributed by atoms with Crippen molar-refractivity contribution < 1.29 is 19.4 Å². The van der Waals surface area contributed by atoms with E-state index in [9.17, 15) is 0 Å². The van der Waals surface area contributed by atoms with Gasteiger partial charge < -0.3 is 19.4 Å². The average Bonchev–Trinajstić information content (AvgIpc) is 2.53. The summed E-state index contributed by atoms with van der Waals surface area (Å²) < 4.78 is 16.4. The van der Waals surface area contributed by atoms with Crippen molar-refractivity contribution in [1.82, 2.24) is 0 Å². The molecule has 2 aromatic carbocycles. The highest BCUT2D eigenvalue weighted by atomic mass is 16.5. The SMILES string of the molecule is COc1ccc(C=NO)cc1OCCOc1ccccc1. The molecule has 0 saturated heterocycles. The van der Waals surface area contributed by atoms with Crippen LogP contribution in [0, 0.1) is 0 Å². The van der Waals surface area contributed by atoms with Gasteiger partial charge in [-0.25, -0.2) is 0 Å². The first-order chi connectivity index (χ1) is 10.3. The van der Waals surface area contributed by atoms with Crippen molar-refractivity contribution in [3.63, 3.8) is 0 Å². The van der Waals surface area contributed by atoms with Gasteiger partial charge >= 0.3 is 0 Å². The minimum Gasteiger partial charge on any atom is -0.493 e. The molecule has 2 aromatic rings. The molecule has 110 valence electrons. The highest BCUT2D eigenvalue weighted by molar-refractivity contribution is 5.80. The van der Waals surface area contributed by atoms with E-state index in [4.69, 9.17) is 19.4 Å². The fourth-order valence-corrected chi connectivity index (χ4v) is 1.78. The molecule has 2 rings (SSSR count). The fraction of sp³-hybridized carbons (Fsp3) is 0.188. The van der Waals surface area contributed by atoms with Crippen molar-refractivity contribution in [3.8, 4) is 17.2 Å². The number of hydrogen-bond acceptors (Lipinski definition) is 5. The molecule has 0 amide bonds. The van der Waals surface area contributed by atoms with Crippen LogP contribution in [0.2, 0.25) is 0 Å². The molecule has 5 nitrogen and oxygen atoms in total. The summed E-state index contributed by atoms with van der Waals surface area (Å²) in [7, 11) is 1.57. The molecule has 0 saturated carbocycles. The van der Waals surface area contributed by atoms with Crippen molar-refractivity contribution in [2.75, 3.05) is 20.3 Å². The quantitative estimate of drug-likeness (QED) is 0.368. The largest absolute Gasteiger partial charge is 0.493 e. The van der Waals surface area contributed by atoms with Gasteiger partial charge in [-0.05, 0) is 30.3 Å². The van der Waals surface area contributed by atoms with E-state index in [1.807, 2.05) is 30.3 Å². The number of methoxy groups -OCH3 is 1. The van der Waals surface area contributed by atoms with Crippen LogP contribution in [0.5, 0.6) is 17.2 Å². The van der Waals surface area contributed by atoms with Crippen molar-refractivity contribution in [2.24, 2.45) is 5.16 Å². The Bertz CT molecular complexity index is 584. The Kier molecular flexibility index (Phi) is 5.46. The third kappa shape index (κ3) is 4.42. The minimum absolute atomic E-state index is 0.380. The average molecular weight is 287 g/mol. The molecule has 0 fully saturated rings. The van der Waals surface area contributed by atoms with Crippen LogP contribution in [-0.4, -0.2) is 31.7 Å². The molecule has 0 heterocycles. The summed E-state index contributed by atoms with van der Waals surface area (Å²) in [6, 6.07) is 14.8. The summed E-state index contributed by atoms with van der Waals surface area (Å²) in [5.41, 5.74) is 0.720. The van der Waals surface area contributed by atoms with Gasteiger partial charge in [-0.1, -0.05) is 23.4 Å². The Hall–Kier alpha value is -2.69. The van der Waals surface area contributed by atoms with Gasteiger partial charge in [0.1, 0.15) is 19.0 Å². The zero-order valence-corrected chi connectivity index (χ0v) is 11.7. The van der Waals surface area contributed by atoms with Crippen molar-refractivity contribution in [1.29, 1.82) is 0 Å². The second-order valence-electron chi connectivity index (χ2n) is 4.16. The molecule has 5 heteroatoms. The van der Waals surface area contributed by atoms with Gasteiger partial charge in [0.05, 0.1) is 13.3 Å². The fourth-order valence-electron chi connectivity index (χ4n) is 1.78. The van der Waals surface area contributed by atoms with Crippen LogP contribution < -0.4 is 14.2 Å². The molecule has 21 heavy (non-hydrogen) atoms.